The van der Waals surface area contributed by atoms with Crippen LogP contribution >= 0.6 is 0 Å². The van der Waals surface area contributed by atoms with E-state index in [1.165, 1.54) is 44.1 Å². The molecule has 2 aliphatic carbocycles. The van der Waals surface area contributed by atoms with E-state index in [9.17, 15) is 10.2 Å². The number of hydrogen-bond acceptors (Lipinski definition) is 2. The monoisotopic (exact) mass is 274 g/mol. The van der Waals surface area contributed by atoms with Crippen LogP contribution < -0.4 is 0 Å². The standard InChI is InChI=1S/C18H26O2/c1-2-4-12-5-3-6-13-11-16-14(10-15(13)9-12)7-8-17(19)18(16)20/h7-8,12-13,15,19-20H,2-6,9-11H2,1H3/t12?,13-,15-/m1/s1. The van der Waals surface area contributed by atoms with E-state index in [-0.39, 0.29) is 11.5 Å². The Kier molecular flexibility index (Phi) is 3.91. The SMILES string of the molecule is CCCC1CCC[C@@H]2Cc3c(ccc(O)c3O)C[C@H]2C1. The van der Waals surface area contributed by atoms with Crippen LogP contribution in [0.15, 0.2) is 12.1 Å². The number of rotatable bonds is 2. The number of phenolic OH excluding ortho intramolecular Hbond substituents is 2. The zero-order valence-corrected chi connectivity index (χ0v) is 12.4. The molecule has 2 N–H and O–H groups in total. The summed E-state index contributed by atoms with van der Waals surface area (Å²) in [5, 5.41) is 19.8. The van der Waals surface area contributed by atoms with Crippen molar-refractivity contribution in [2.45, 2.75) is 58.3 Å². The third kappa shape index (κ3) is 2.53. The van der Waals surface area contributed by atoms with E-state index in [0.29, 0.717) is 5.92 Å². The second-order valence-electron chi connectivity index (χ2n) is 6.82. The zero-order valence-electron chi connectivity index (χ0n) is 12.4. The van der Waals surface area contributed by atoms with Crippen LogP contribution in [0.25, 0.3) is 0 Å². The molecule has 1 aromatic rings. The molecule has 0 bridgehead atoms. The van der Waals surface area contributed by atoms with Crippen LogP contribution in [-0.4, -0.2) is 10.2 Å². The normalized spacial score (nSPS) is 29.4. The van der Waals surface area contributed by atoms with Crippen molar-refractivity contribution < 1.29 is 10.2 Å². The van der Waals surface area contributed by atoms with Crippen LogP contribution in [0.3, 0.4) is 0 Å². The summed E-state index contributed by atoms with van der Waals surface area (Å²) in [4.78, 5) is 0. The number of benzene rings is 1. The van der Waals surface area contributed by atoms with Gasteiger partial charge in [-0.1, -0.05) is 38.7 Å². The van der Waals surface area contributed by atoms with E-state index < -0.39 is 0 Å². The number of fused-ring (bicyclic) bond motifs is 2. The van der Waals surface area contributed by atoms with Gasteiger partial charge in [-0.2, -0.15) is 0 Å². The highest BCUT2D eigenvalue weighted by atomic mass is 16.3. The minimum atomic E-state index is 0.0414. The van der Waals surface area contributed by atoms with Gasteiger partial charge in [-0.25, -0.2) is 0 Å². The molecular formula is C18H26O2. The number of phenols is 2. The number of aromatic hydroxyl groups is 2. The first-order valence-electron chi connectivity index (χ1n) is 8.21. The van der Waals surface area contributed by atoms with E-state index >= 15 is 0 Å². The molecule has 3 atom stereocenters. The van der Waals surface area contributed by atoms with Gasteiger partial charge in [0.2, 0.25) is 0 Å². The highest BCUT2D eigenvalue weighted by Gasteiger charge is 2.33. The molecule has 2 aliphatic rings. The first-order valence-corrected chi connectivity index (χ1v) is 8.21. The topological polar surface area (TPSA) is 40.5 Å². The predicted molar refractivity (Wildman–Crippen MR) is 81.0 cm³/mol. The minimum absolute atomic E-state index is 0.0414. The van der Waals surface area contributed by atoms with Crippen LogP contribution in [0.5, 0.6) is 11.5 Å². The Morgan fingerprint density at radius 1 is 1.10 bits per heavy atom. The van der Waals surface area contributed by atoms with Crippen LogP contribution in [0.1, 0.15) is 56.6 Å². The van der Waals surface area contributed by atoms with Crippen molar-refractivity contribution in [1.29, 1.82) is 0 Å². The summed E-state index contributed by atoms with van der Waals surface area (Å²) >= 11 is 0. The molecule has 0 radical (unpaired) electrons. The molecule has 0 aliphatic heterocycles. The molecule has 1 aromatic carbocycles. The van der Waals surface area contributed by atoms with Crippen molar-refractivity contribution in [3.05, 3.63) is 23.3 Å². The maximum atomic E-state index is 10.1. The minimum Gasteiger partial charge on any atom is -0.504 e. The molecule has 0 aromatic heterocycles. The smallest absolute Gasteiger partial charge is 0.160 e. The van der Waals surface area contributed by atoms with Crippen molar-refractivity contribution in [3.8, 4) is 11.5 Å². The lowest BCUT2D eigenvalue weighted by Crippen LogP contribution is -2.25. The molecule has 3 rings (SSSR count). The van der Waals surface area contributed by atoms with Gasteiger partial charge in [-0.15, -0.1) is 0 Å². The molecule has 110 valence electrons. The summed E-state index contributed by atoms with van der Waals surface area (Å²) in [5.41, 5.74) is 2.28. The van der Waals surface area contributed by atoms with E-state index in [1.54, 1.807) is 6.07 Å². The fourth-order valence-corrected chi connectivity index (χ4v) is 4.46. The Labute approximate surface area is 121 Å². The lowest BCUT2D eigenvalue weighted by atomic mass is 9.72. The van der Waals surface area contributed by atoms with Crippen molar-refractivity contribution in [2.75, 3.05) is 0 Å². The molecule has 0 amide bonds. The van der Waals surface area contributed by atoms with E-state index in [4.69, 9.17) is 0 Å². The summed E-state index contributed by atoms with van der Waals surface area (Å²) in [6.45, 7) is 2.29. The summed E-state index contributed by atoms with van der Waals surface area (Å²) in [6, 6.07) is 3.66. The Balaban J connectivity index is 1.83. The lowest BCUT2D eigenvalue weighted by molar-refractivity contribution is 0.258. The molecule has 2 nitrogen and oxygen atoms in total. The molecule has 20 heavy (non-hydrogen) atoms. The molecule has 1 unspecified atom stereocenters. The van der Waals surface area contributed by atoms with Gasteiger partial charge in [-0.3, -0.25) is 0 Å². The highest BCUT2D eigenvalue weighted by molar-refractivity contribution is 5.50. The number of hydrogen-bond donors (Lipinski definition) is 2. The van der Waals surface area contributed by atoms with Crippen LogP contribution in [0.4, 0.5) is 0 Å². The van der Waals surface area contributed by atoms with Gasteiger partial charge in [0.25, 0.3) is 0 Å². The molecular weight excluding hydrogens is 248 g/mol. The van der Waals surface area contributed by atoms with Gasteiger partial charge in [0.15, 0.2) is 11.5 Å². The van der Waals surface area contributed by atoms with Gasteiger partial charge >= 0.3 is 0 Å². The fourth-order valence-electron chi connectivity index (χ4n) is 4.46. The van der Waals surface area contributed by atoms with Crippen molar-refractivity contribution in [1.82, 2.24) is 0 Å². The maximum absolute atomic E-state index is 10.1. The summed E-state index contributed by atoms with van der Waals surface area (Å²) in [5.74, 6) is 2.57. The van der Waals surface area contributed by atoms with E-state index in [1.807, 2.05) is 6.07 Å². The Bertz CT molecular complexity index is 481. The third-order valence-electron chi connectivity index (χ3n) is 5.49. The first kappa shape index (κ1) is 13.8. The molecule has 0 heterocycles. The maximum Gasteiger partial charge on any atom is 0.160 e. The predicted octanol–water partition coefficient (Wildman–Crippen LogP) is 4.42. The van der Waals surface area contributed by atoms with E-state index in [0.717, 1.165) is 30.2 Å². The second kappa shape index (κ2) is 5.67. The highest BCUT2D eigenvalue weighted by Crippen LogP contribution is 2.45. The molecule has 1 saturated carbocycles. The second-order valence-corrected chi connectivity index (χ2v) is 6.82. The third-order valence-corrected chi connectivity index (χ3v) is 5.49. The van der Waals surface area contributed by atoms with Gasteiger partial charge in [0.05, 0.1) is 0 Å². The van der Waals surface area contributed by atoms with Gasteiger partial charge in [0.1, 0.15) is 0 Å². The van der Waals surface area contributed by atoms with E-state index in [2.05, 4.69) is 6.92 Å². The molecule has 2 heteroatoms. The molecule has 0 spiro atoms. The summed E-state index contributed by atoms with van der Waals surface area (Å²) in [6.07, 6.45) is 10.1. The van der Waals surface area contributed by atoms with Crippen LogP contribution in [0, 0.1) is 17.8 Å². The summed E-state index contributed by atoms with van der Waals surface area (Å²) < 4.78 is 0. The largest absolute Gasteiger partial charge is 0.504 e. The Morgan fingerprint density at radius 3 is 2.75 bits per heavy atom. The van der Waals surface area contributed by atoms with Gasteiger partial charge in [0, 0.05) is 5.56 Å². The quantitative estimate of drug-likeness (QED) is 0.784. The van der Waals surface area contributed by atoms with Crippen molar-refractivity contribution in [3.63, 3.8) is 0 Å². The van der Waals surface area contributed by atoms with Gasteiger partial charge in [-0.05, 0) is 55.1 Å². The molecule has 0 saturated heterocycles. The summed E-state index contributed by atoms with van der Waals surface area (Å²) in [7, 11) is 0. The Morgan fingerprint density at radius 2 is 1.95 bits per heavy atom. The zero-order chi connectivity index (χ0) is 14.1. The average molecular weight is 274 g/mol. The fraction of sp³-hybridized carbons (Fsp3) is 0.667. The van der Waals surface area contributed by atoms with Crippen molar-refractivity contribution in [2.24, 2.45) is 17.8 Å². The van der Waals surface area contributed by atoms with Crippen molar-refractivity contribution >= 4 is 0 Å². The van der Waals surface area contributed by atoms with Gasteiger partial charge < -0.3 is 10.2 Å². The first-order chi connectivity index (χ1) is 9.69. The Hall–Kier alpha value is -1.18. The lowest BCUT2D eigenvalue weighted by Gasteiger charge is -2.33. The molecule has 1 fully saturated rings. The van der Waals surface area contributed by atoms with Crippen LogP contribution in [-0.2, 0) is 12.8 Å². The average Bonchev–Trinajstić information content (AvgIpc) is 2.63. The van der Waals surface area contributed by atoms with Crippen LogP contribution in [0.2, 0.25) is 0 Å².